The van der Waals surface area contributed by atoms with Crippen molar-refractivity contribution in [3.05, 3.63) is 246 Å². The third-order valence-electron chi connectivity index (χ3n) is 14.8. The van der Waals surface area contributed by atoms with Gasteiger partial charge in [0.15, 0.2) is 0 Å². The van der Waals surface area contributed by atoms with Crippen molar-refractivity contribution in [1.29, 1.82) is 0 Å². The van der Waals surface area contributed by atoms with E-state index >= 15 is 0 Å². The first kappa shape index (κ1) is 36.4. The van der Waals surface area contributed by atoms with Crippen molar-refractivity contribution >= 4 is 71.6 Å². The molecule has 14 rings (SSSR count). The van der Waals surface area contributed by atoms with E-state index in [9.17, 15) is 0 Å². The minimum atomic E-state index is -0.665. The monoisotopic (exact) mass is 830 g/mol. The molecule has 0 N–H and O–H groups in total. The molecule has 0 spiro atoms. The molecule has 2 aliphatic carbocycles. The first-order valence-electron chi connectivity index (χ1n) is 22.7. The Kier molecular flexibility index (Phi) is 7.38. The number of nitrogens with zero attached hydrogens (tertiary/aromatic N) is 2. The minimum absolute atomic E-state index is 0.162. The molecule has 0 saturated carbocycles. The molecule has 306 valence electrons. The van der Waals surface area contributed by atoms with Crippen LogP contribution in [-0.2, 0) is 11.0 Å². The Hall–Kier alpha value is -8.14. The van der Waals surface area contributed by atoms with Gasteiger partial charge in [-0.25, -0.2) is 0 Å². The van der Waals surface area contributed by atoms with E-state index in [0.29, 0.717) is 0 Å². The fourth-order valence-electron chi connectivity index (χ4n) is 12.0. The van der Waals surface area contributed by atoms with E-state index in [0.717, 1.165) is 39.0 Å². The minimum Gasteiger partial charge on any atom is -0.456 e. The molecule has 0 saturated heterocycles. The number of anilines is 3. The molecule has 0 bridgehead atoms. The largest absolute Gasteiger partial charge is 0.456 e. The summed E-state index contributed by atoms with van der Waals surface area (Å²) < 4.78 is 9.21. The van der Waals surface area contributed by atoms with Gasteiger partial charge in [0.05, 0.1) is 22.1 Å². The highest BCUT2D eigenvalue weighted by Crippen LogP contribution is 2.57. The van der Waals surface area contributed by atoms with Crippen LogP contribution in [0.1, 0.15) is 41.7 Å². The predicted octanol–water partition coefficient (Wildman–Crippen LogP) is 16.4. The van der Waals surface area contributed by atoms with Crippen LogP contribution in [0.2, 0.25) is 0 Å². The second-order valence-corrected chi connectivity index (χ2v) is 18.4. The fourth-order valence-corrected chi connectivity index (χ4v) is 12.0. The summed E-state index contributed by atoms with van der Waals surface area (Å²) in [4.78, 5) is 2.47. The Labute approximate surface area is 377 Å². The fraction of sp³-hybridized carbons (Fsp3) is 0.0645. The van der Waals surface area contributed by atoms with Gasteiger partial charge in [0.2, 0.25) is 0 Å². The summed E-state index contributed by atoms with van der Waals surface area (Å²) in [6, 6.07) is 81.0. The summed E-state index contributed by atoms with van der Waals surface area (Å²) >= 11 is 0. The number of benzene rings is 10. The molecule has 0 fully saturated rings. The standard InChI is InChI=1S/C62H42N2O/c1-61(2)51-23-10-5-18-44(51)47-34-32-43(38-54(47)61)63(57-27-15-29-59-60(57)49-22-9-14-28-58(49)65-59)42-33-35-56-50(37-42)48-21-8-13-26-55(48)64(56)62(41-31-30-39-16-3-4-17-40(39)36-41)52-24-11-6-19-45(52)46-20-7-12-25-53(46)62/h3-38H,1-2H3. The van der Waals surface area contributed by atoms with Crippen molar-refractivity contribution in [2.75, 3.05) is 4.90 Å². The van der Waals surface area contributed by atoms with Crippen LogP contribution in [0, 0.1) is 0 Å². The van der Waals surface area contributed by atoms with Gasteiger partial charge in [-0.05, 0) is 122 Å². The molecule has 0 atom stereocenters. The lowest BCUT2D eigenvalue weighted by molar-refractivity contribution is 0.564. The summed E-state index contributed by atoms with van der Waals surface area (Å²) in [6.07, 6.45) is 0. The molecule has 0 amide bonds. The van der Waals surface area contributed by atoms with Crippen LogP contribution in [0.15, 0.2) is 223 Å². The van der Waals surface area contributed by atoms with Crippen LogP contribution in [0.25, 0.3) is 76.8 Å². The van der Waals surface area contributed by atoms with Gasteiger partial charge in [0.25, 0.3) is 0 Å². The Morgan fingerprint density at radius 2 is 0.985 bits per heavy atom. The third-order valence-corrected chi connectivity index (χ3v) is 14.8. The van der Waals surface area contributed by atoms with E-state index in [1.54, 1.807) is 0 Å². The van der Waals surface area contributed by atoms with Gasteiger partial charge in [0, 0.05) is 32.9 Å². The van der Waals surface area contributed by atoms with Crippen molar-refractivity contribution in [3.8, 4) is 22.3 Å². The van der Waals surface area contributed by atoms with Crippen LogP contribution in [0.3, 0.4) is 0 Å². The molecule has 12 aromatic rings. The quantitative estimate of drug-likeness (QED) is 0.172. The Morgan fingerprint density at radius 3 is 1.78 bits per heavy atom. The molecule has 3 heteroatoms. The molecule has 10 aromatic carbocycles. The zero-order valence-corrected chi connectivity index (χ0v) is 36.1. The topological polar surface area (TPSA) is 21.3 Å². The van der Waals surface area contributed by atoms with Crippen LogP contribution in [0.4, 0.5) is 17.1 Å². The number of hydrogen-bond acceptors (Lipinski definition) is 2. The van der Waals surface area contributed by atoms with E-state index in [2.05, 4.69) is 242 Å². The van der Waals surface area contributed by atoms with Crippen LogP contribution >= 0.6 is 0 Å². The summed E-state index contributed by atoms with van der Waals surface area (Å²) in [6.45, 7) is 4.73. The van der Waals surface area contributed by atoms with E-state index in [-0.39, 0.29) is 5.41 Å². The van der Waals surface area contributed by atoms with Gasteiger partial charge in [-0.2, -0.15) is 0 Å². The van der Waals surface area contributed by atoms with Crippen molar-refractivity contribution in [1.82, 2.24) is 4.57 Å². The van der Waals surface area contributed by atoms with E-state index in [4.69, 9.17) is 4.42 Å². The SMILES string of the molecule is CC1(C)c2ccccc2-c2ccc(N(c3ccc4c(c3)c3ccccc3n4C3(c4ccc5ccccc5c4)c4ccccc4-c4ccccc43)c3cccc4oc5ccccc5c34)cc21. The lowest BCUT2D eigenvalue weighted by Gasteiger charge is -2.37. The molecular formula is C62H42N2O. The van der Waals surface area contributed by atoms with Crippen LogP contribution < -0.4 is 4.90 Å². The maximum absolute atomic E-state index is 6.56. The molecule has 0 radical (unpaired) electrons. The van der Waals surface area contributed by atoms with Crippen molar-refractivity contribution in [3.63, 3.8) is 0 Å². The summed E-state index contributed by atoms with van der Waals surface area (Å²) in [7, 11) is 0. The lowest BCUT2D eigenvalue weighted by Crippen LogP contribution is -2.35. The third kappa shape index (κ3) is 4.85. The van der Waals surface area contributed by atoms with E-state index in [1.165, 1.54) is 82.6 Å². The zero-order chi connectivity index (χ0) is 43.0. The maximum atomic E-state index is 6.56. The summed E-state index contributed by atoms with van der Waals surface area (Å²) in [5, 5.41) is 7.07. The predicted molar refractivity (Wildman–Crippen MR) is 270 cm³/mol. The Bertz CT molecular complexity index is 3910. The average Bonchev–Trinajstić information content (AvgIpc) is 4.06. The number of rotatable bonds is 5. The number of hydrogen-bond donors (Lipinski definition) is 0. The summed E-state index contributed by atoms with van der Waals surface area (Å²) in [5.41, 5.74) is 18.2. The highest BCUT2D eigenvalue weighted by Gasteiger charge is 2.48. The Balaban J connectivity index is 1.07. The first-order chi connectivity index (χ1) is 32.0. The van der Waals surface area contributed by atoms with Gasteiger partial charge >= 0.3 is 0 Å². The number of furan rings is 1. The molecule has 0 aliphatic heterocycles. The van der Waals surface area contributed by atoms with Crippen LogP contribution in [0.5, 0.6) is 0 Å². The zero-order valence-electron chi connectivity index (χ0n) is 36.1. The van der Waals surface area contributed by atoms with E-state index < -0.39 is 5.54 Å². The van der Waals surface area contributed by atoms with Gasteiger partial charge in [-0.3, -0.25) is 0 Å². The van der Waals surface area contributed by atoms with Gasteiger partial charge in [-0.15, -0.1) is 0 Å². The van der Waals surface area contributed by atoms with Crippen LogP contribution in [-0.4, -0.2) is 4.57 Å². The molecule has 0 unspecified atom stereocenters. The molecular weight excluding hydrogens is 789 g/mol. The maximum Gasteiger partial charge on any atom is 0.137 e. The molecule has 65 heavy (non-hydrogen) atoms. The highest BCUT2D eigenvalue weighted by molar-refractivity contribution is 6.15. The lowest BCUT2D eigenvalue weighted by atomic mass is 9.79. The second kappa shape index (κ2) is 13.2. The Morgan fingerprint density at radius 1 is 0.400 bits per heavy atom. The highest BCUT2D eigenvalue weighted by atomic mass is 16.3. The molecule has 2 aromatic heterocycles. The van der Waals surface area contributed by atoms with E-state index in [1.807, 2.05) is 0 Å². The smallest absolute Gasteiger partial charge is 0.137 e. The van der Waals surface area contributed by atoms with Crippen molar-refractivity contribution in [2.24, 2.45) is 0 Å². The van der Waals surface area contributed by atoms with Crippen molar-refractivity contribution < 1.29 is 4.42 Å². The normalized spacial score (nSPS) is 14.2. The molecule has 2 aliphatic rings. The van der Waals surface area contributed by atoms with Gasteiger partial charge in [0.1, 0.15) is 16.7 Å². The average molecular weight is 831 g/mol. The number of para-hydroxylation sites is 2. The first-order valence-corrected chi connectivity index (χ1v) is 22.7. The van der Waals surface area contributed by atoms with Gasteiger partial charge < -0.3 is 13.9 Å². The summed E-state index contributed by atoms with van der Waals surface area (Å²) in [5.74, 6) is 0. The number of fused-ring (bicyclic) bond motifs is 13. The van der Waals surface area contributed by atoms with Gasteiger partial charge in [-0.1, -0.05) is 172 Å². The second-order valence-electron chi connectivity index (χ2n) is 18.4. The molecule has 3 nitrogen and oxygen atoms in total. The number of aromatic nitrogens is 1. The molecule has 2 heterocycles. The van der Waals surface area contributed by atoms with Crippen molar-refractivity contribution in [2.45, 2.75) is 24.8 Å².